The average Bonchev–Trinajstić information content (AvgIpc) is 3.21. The van der Waals surface area contributed by atoms with E-state index in [1.165, 1.54) is 16.4 Å². The fourth-order valence-electron chi connectivity index (χ4n) is 2.13. The zero-order valence-electron chi connectivity index (χ0n) is 11.7. The number of aliphatic hydroxyl groups excluding tert-OH is 1. The fourth-order valence-corrected chi connectivity index (χ4v) is 4.96. The lowest BCUT2D eigenvalue weighted by Crippen LogP contribution is -2.26. The molecule has 0 spiro atoms. The average molecular weight is 350 g/mol. The van der Waals surface area contributed by atoms with Crippen LogP contribution in [0.1, 0.15) is 15.3 Å². The third-order valence-electron chi connectivity index (χ3n) is 3.22. The number of hydrogen-bond acceptors (Lipinski definition) is 7. The molecule has 4 N–H and O–H groups in total. The number of rotatable bonds is 6. The predicted molar refractivity (Wildman–Crippen MR) is 95.8 cm³/mol. The molecule has 4 nitrogen and oxygen atoms in total. The Hall–Kier alpha value is -1.43. The first-order chi connectivity index (χ1) is 10.7. The van der Waals surface area contributed by atoms with Gasteiger partial charge in [0.15, 0.2) is 0 Å². The SMILES string of the molecule is C#Cc1c(C[C@@H](N)CO)sc2c(NCc3cccs3)snc12. The summed E-state index contributed by atoms with van der Waals surface area (Å²) < 4.78 is 5.57. The number of nitrogens with two attached hydrogens (primary N) is 1. The maximum absolute atomic E-state index is 9.13. The summed E-state index contributed by atoms with van der Waals surface area (Å²) >= 11 is 4.77. The molecular weight excluding hydrogens is 334 g/mol. The molecule has 0 fully saturated rings. The zero-order valence-corrected chi connectivity index (χ0v) is 14.2. The molecule has 0 aliphatic carbocycles. The molecule has 3 heterocycles. The molecule has 114 valence electrons. The van der Waals surface area contributed by atoms with Gasteiger partial charge in [-0.05, 0) is 23.0 Å². The van der Waals surface area contributed by atoms with E-state index in [0.29, 0.717) is 6.42 Å². The molecule has 0 saturated heterocycles. The minimum absolute atomic E-state index is 0.0499. The van der Waals surface area contributed by atoms with E-state index in [9.17, 15) is 0 Å². The molecule has 1 atom stereocenters. The molecule has 0 aliphatic rings. The lowest BCUT2D eigenvalue weighted by molar-refractivity contribution is 0.265. The molecule has 3 aromatic heterocycles. The second-order valence-corrected chi connectivity index (χ2v) is 7.72. The Labute approximate surface area is 140 Å². The second-order valence-electron chi connectivity index (χ2n) is 4.81. The van der Waals surface area contributed by atoms with Crippen molar-refractivity contribution in [2.24, 2.45) is 5.73 Å². The van der Waals surface area contributed by atoms with Gasteiger partial charge >= 0.3 is 0 Å². The third-order valence-corrected chi connectivity index (χ3v) is 6.25. The van der Waals surface area contributed by atoms with E-state index in [4.69, 9.17) is 17.3 Å². The quantitative estimate of drug-likeness (QED) is 0.599. The standard InChI is InChI=1S/C15H15N3OS3/c1-2-11-12(6-9(16)8-19)21-14-13(11)18-22-15(14)17-7-10-4-3-5-20-10/h1,3-5,9,17,19H,6-8,16H2/t9-/m1/s1. The first-order valence-corrected chi connectivity index (χ1v) is 9.20. The van der Waals surface area contributed by atoms with Crippen molar-refractivity contribution in [2.75, 3.05) is 11.9 Å². The van der Waals surface area contributed by atoms with Crippen molar-refractivity contribution >= 4 is 49.4 Å². The molecule has 0 aliphatic heterocycles. The Kier molecular flexibility index (Phi) is 4.76. The lowest BCUT2D eigenvalue weighted by atomic mass is 10.1. The molecule has 0 bridgehead atoms. The first kappa shape index (κ1) is 15.5. The van der Waals surface area contributed by atoms with Crippen LogP contribution in [0, 0.1) is 12.3 Å². The molecule has 0 radical (unpaired) electrons. The van der Waals surface area contributed by atoms with Gasteiger partial charge in [0.05, 0.1) is 23.4 Å². The molecule has 0 amide bonds. The van der Waals surface area contributed by atoms with Crippen LogP contribution in [0.2, 0.25) is 0 Å². The monoisotopic (exact) mass is 349 g/mol. The number of aromatic nitrogens is 1. The van der Waals surface area contributed by atoms with E-state index in [1.807, 2.05) is 6.07 Å². The molecule has 3 rings (SSSR count). The molecule has 7 heteroatoms. The van der Waals surface area contributed by atoms with Crippen LogP contribution in [0.15, 0.2) is 17.5 Å². The normalized spacial score (nSPS) is 12.4. The fraction of sp³-hybridized carbons (Fsp3) is 0.267. The van der Waals surface area contributed by atoms with Crippen LogP contribution in [0.25, 0.3) is 10.2 Å². The Morgan fingerprint density at radius 1 is 1.50 bits per heavy atom. The minimum Gasteiger partial charge on any atom is -0.395 e. The van der Waals surface area contributed by atoms with Crippen LogP contribution in [-0.4, -0.2) is 22.1 Å². The van der Waals surface area contributed by atoms with Gasteiger partial charge in [-0.2, -0.15) is 4.37 Å². The molecule has 0 unspecified atom stereocenters. The van der Waals surface area contributed by atoms with E-state index in [0.717, 1.165) is 32.2 Å². The van der Waals surface area contributed by atoms with Crippen molar-refractivity contribution in [1.82, 2.24) is 4.37 Å². The van der Waals surface area contributed by atoms with Crippen LogP contribution < -0.4 is 11.1 Å². The minimum atomic E-state index is -0.291. The molecular formula is C15H15N3OS3. The summed E-state index contributed by atoms with van der Waals surface area (Å²) in [5.74, 6) is 2.72. The van der Waals surface area contributed by atoms with Crippen LogP contribution >= 0.6 is 34.2 Å². The molecule has 3 aromatic rings. The summed E-state index contributed by atoms with van der Waals surface area (Å²) in [7, 11) is 0. The number of nitrogens with one attached hydrogen (secondary N) is 1. The number of thiophene rings is 2. The number of nitrogens with zero attached hydrogens (tertiary/aromatic N) is 1. The Morgan fingerprint density at radius 2 is 2.36 bits per heavy atom. The number of hydrogen-bond donors (Lipinski definition) is 3. The predicted octanol–water partition coefficient (Wildman–Crippen LogP) is 2.87. The van der Waals surface area contributed by atoms with E-state index < -0.39 is 0 Å². The van der Waals surface area contributed by atoms with Crippen LogP contribution in [0.5, 0.6) is 0 Å². The Morgan fingerprint density at radius 3 is 3.05 bits per heavy atom. The summed E-state index contributed by atoms with van der Waals surface area (Å²) in [6.45, 7) is 0.732. The van der Waals surface area contributed by atoms with E-state index >= 15 is 0 Å². The third kappa shape index (κ3) is 3.02. The van der Waals surface area contributed by atoms with Crippen molar-refractivity contribution in [3.05, 3.63) is 32.8 Å². The highest BCUT2D eigenvalue weighted by molar-refractivity contribution is 7.24. The summed E-state index contributed by atoms with van der Waals surface area (Å²) in [4.78, 5) is 2.30. The Balaban J connectivity index is 1.88. The van der Waals surface area contributed by atoms with Crippen LogP contribution in [0.3, 0.4) is 0 Å². The van der Waals surface area contributed by atoms with Gasteiger partial charge < -0.3 is 16.2 Å². The smallest absolute Gasteiger partial charge is 0.127 e. The highest BCUT2D eigenvalue weighted by atomic mass is 32.1. The van der Waals surface area contributed by atoms with Crippen molar-refractivity contribution in [1.29, 1.82) is 0 Å². The van der Waals surface area contributed by atoms with Gasteiger partial charge in [0, 0.05) is 22.2 Å². The van der Waals surface area contributed by atoms with Gasteiger partial charge in [0.25, 0.3) is 0 Å². The maximum atomic E-state index is 9.13. The summed E-state index contributed by atoms with van der Waals surface area (Å²) in [6, 6.07) is 3.85. The van der Waals surface area contributed by atoms with Gasteiger partial charge in [-0.3, -0.25) is 0 Å². The zero-order chi connectivity index (χ0) is 15.5. The number of aliphatic hydroxyl groups is 1. The highest BCUT2D eigenvalue weighted by Gasteiger charge is 2.18. The summed E-state index contributed by atoms with van der Waals surface area (Å²) in [6.07, 6.45) is 6.21. The maximum Gasteiger partial charge on any atom is 0.127 e. The van der Waals surface area contributed by atoms with Crippen molar-refractivity contribution < 1.29 is 5.11 Å². The number of anilines is 1. The second kappa shape index (κ2) is 6.77. The van der Waals surface area contributed by atoms with Gasteiger partial charge in [-0.15, -0.1) is 29.1 Å². The molecule has 0 saturated carbocycles. The lowest BCUT2D eigenvalue weighted by Gasteiger charge is -2.06. The van der Waals surface area contributed by atoms with Crippen LogP contribution in [0.4, 0.5) is 5.00 Å². The topological polar surface area (TPSA) is 71.2 Å². The largest absolute Gasteiger partial charge is 0.395 e. The van der Waals surface area contributed by atoms with E-state index in [1.54, 1.807) is 22.7 Å². The van der Waals surface area contributed by atoms with Gasteiger partial charge in [0.1, 0.15) is 10.5 Å². The van der Waals surface area contributed by atoms with Gasteiger partial charge in [-0.1, -0.05) is 12.0 Å². The Bertz CT molecular complexity index is 798. The van der Waals surface area contributed by atoms with E-state index in [2.05, 4.69) is 27.1 Å². The van der Waals surface area contributed by atoms with Crippen molar-refractivity contribution in [3.63, 3.8) is 0 Å². The molecule has 22 heavy (non-hydrogen) atoms. The molecule has 0 aromatic carbocycles. The van der Waals surface area contributed by atoms with Crippen molar-refractivity contribution in [2.45, 2.75) is 19.0 Å². The number of terminal acetylenes is 1. The van der Waals surface area contributed by atoms with Gasteiger partial charge in [-0.25, -0.2) is 0 Å². The van der Waals surface area contributed by atoms with E-state index in [-0.39, 0.29) is 12.6 Å². The first-order valence-electron chi connectivity index (χ1n) is 6.73. The highest BCUT2D eigenvalue weighted by Crippen LogP contribution is 2.39. The van der Waals surface area contributed by atoms with Crippen LogP contribution in [-0.2, 0) is 13.0 Å². The van der Waals surface area contributed by atoms with Gasteiger partial charge in [0.2, 0.25) is 0 Å². The van der Waals surface area contributed by atoms with Crippen molar-refractivity contribution in [3.8, 4) is 12.3 Å². The number of fused-ring (bicyclic) bond motifs is 1. The summed E-state index contributed by atoms with van der Waals surface area (Å²) in [5, 5.41) is 15.7. The summed E-state index contributed by atoms with van der Waals surface area (Å²) in [5.41, 5.74) is 7.51.